The minimum absolute atomic E-state index is 0.695. The van der Waals surface area contributed by atoms with Gasteiger partial charge in [-0.3, -0.25) is 4.98 Å². The van der Waals surface area contributed by atoms with Gasteiger partial charge in [-0.15, -0.1) is 0 Å². The summed E-state index contributed by atoms with van der Waals surface area (Å²) in [6.45, 7) is 0.903. The zero-order valence-corrected chi connectivity index (χ0v) is 10.4. The van der Waals surface area contributed by atoms with E-state index in [9.17, 15) is 0 Å². The predicted octanol–water partition coefficient (Wildman–Crippen LogP) is 2.63. The van der Waals surface area contributed by atoms with Crippen LogP contribution in [-0.4, -0.2) is 18.6 Å². The van der Waals surface area contributed by atoms with Gasteiger partial charge in [0.2, 0.25) is 0 Å². The number of pyridine rings is 1. The zero-order valence-electron chi connectivity index (χ0n) is 10.4. The quantitative estimate of drug-likeness (QED) is 0.820. The van der Waals surface area contributed by atoms with Crippen LogP contribution in [0, 0.1) is 11.3 Å². The molecule has 0 unspecified atom stereocenters. The van der Waals surface area contributed by atoms with Crippen LogP contribution < -0.4 is 4.90 Å². The second kappa shape index (κ2) is 5.83. The number of anilines is 1. The molecule has 0 aliphatic heterocycles. The highest BCUT2D eigenvalue weighted by Crippen LogP contribution is 2.14. The summed E-state index contributed by atoms with van der Waals surface area (Å²) in [5, 5.41) is 8.87. The highest BCUT2D eigenvalue weighted by molar-refractivity contribution is 5.50. The second-order valence-corrected chi connectivity index (χ2v) is 4.19. The van der Waals surface area contributed by atoms with Crippen molar-refractivity contribution in [2.24, 2.45) is 0 Å². The molecule has 0 amide bonds. The molecule has 3 nitrogen and oxygen atoms in total. The van der Waals surface area contributed by atoms with Gasteiger partial charge in [0.05, 0.1) is 11.6 Å². The Hall–Kier alpha value is -2.34. The topological polar surface area (TPSA) is 39.9 Å². The Kier molecular flexibility index (Phi) is 3.93. The van der Waals surface area contributed by atoms with E-state index in [0.717, 1.165) is 18.7 Å². The molecule has 0 bridgehead atoms. The van der Waals surface area contributed by atoms with Crippen LogP contribution in [0.5, 0.6) is 0 Å². The van der Waals surface area contributed by atoms with Gasteiger partial charge in [-0.1, -0.05) is 12.1 Å². The van der Waals surface area contributed by atoms with Crippen molar-refractivity contribution in [2.45, 2.75) is 6.42 Å². The number of hydrogen-bond acceptors (Lipinski definition) is 3. The van der Waals surface area contributed by atoms with Gasteiger partial charge in [0, 0.05) is 31.7 Å². The summed E-state index contributed by atoms with van der Waals surface area (Å²) >= 11 is 0. The van der Waals surface area contributed by atoms with Crippen molar-refractivity contribution in [1.29, 1.82) is 5.26 Å². The Morgan fingerprint density at radius 1 is 1.28 bits per heavy atom. The molecule has 0 saturated heterocycles. The van der Waals surface area contributed by atoms with E-state index in [2.05, 4.69) is 22.0 Å². The maximum atomic E-state index is 8.87. The molecule has 0 radical (unpaired) electrons. The van der Waals surface area contributed by atoms with E-state index in [4.69, 9.17) is 5.26 Å². The van der Waals surface area contributed by atoms with Crippen LogP contribution in [0.15, 0.2) is 48.8 Å². The summed E-state index contributed by atoms with van der Waals surface area (Å²) in [5.41, 5.74) is 2.99. The number of benzene rings is 1. The summed E-state index contributed by atoms with van der Waals surface area (Å²) in [6, 6.07) is 13.8. The van der Waals surface area contributed by atoms with Crippen LogP contribution in [0.4, 0.5) is 5.69 Å². The summed E-state index contributed by atoms with van der Waals surface area (Å²) in [6.07, 6.45) is 4.62. The molecule has 2 rings (SSSR count). The van der Waals surface area contributed by atoms with Crippen molar-refractivity contribution in [3.63, 3.8) is 0 Å². The SMILES string of the molecule is CN(CCc1cccnc1)c1cccc(C#N)c1. The molecule has 0 aliphatic rings. The Labute approximate surface area is 107 Å². The van der Waals surface area contributed by atoms with Crippen LogP contribution >= 0.6 is 0 Å². The minimum atomic E-state index is 0.695. The molecule has 2 aromatic rings. The Balaban J connectivity index is 1.99. The maximum absolute atomic E-state index is 8.87. The van der Waals surface area contributed by atoms with Gasteiger partial charge >= 0.3 is 0 Å². The van der Waals surface area contributed by atoms with E-state index >= 15 is 0 Å². The zero-order chi connectivity index (χ0) is 12.8. The Morgan fingerprint density at radius 3 is 2.89 bits per heavy atom. The third-order valence-corrected chi connectivity index (χ3v) is 2.87. The standard InChI is InChI=1S/C15H15N3/c1-18(9-7-13-5-3-8-17-12-13)15-6-2-4-14(10-15)11-16/h2-6,8,10,12H,7,9H2,1H3. The van der Waals surface area contributed by atoms with Gasteiger partial charge in [0.15, 0.2) is 0 Å². The van der Waals surface area contributed by atoms with Crippen LogP contribution in [0.25, 0.3) is 0 Å². The van der Waals surface area contributed by atoms with E-state index in [1.807, 2.05) is 43.6 Å². The van der Waals surface area contributed by atoms with E-state index < -0.39 is 0 Å². The number of hydrogen-bond donors (Lipinski definition) is 0. The minimum Gasteiger partial charge on any atom is -0.374 e. The summed E-state index contributed by atoms with van der Waals surface area (Å²) in [7, 11) is 2.03. The van der Waals surface area contributed by atoms with Crippen molar-refractivity contribution in [1.82, 2.24) is 4.98 Å². The molecular weight excluding hydrogens is 222 g/mol. The molecule has 0 spiro atoms. The molecule has 0 atom stereocenters. The van der Waals surface area contributed by atoms with Crippen molar-refractivity contribution in [3.05, 3.63) is 59.9 Å². The summed E-state index contributed by atoms with van der Waals surface area (Å²) < 4.78 is 0. The van der Waals surface area contributed by atoms with Gasteiger partial charge in [0.1, 0.15) is 0 Å². The fraction of sp³-hybridized carbons (Fsp3) is 0.200. The highest BCUT2D eigenvalue weighted by atomic mass is 15.1. The van der Waals surface area contributed by atoms with E-state index in [0.29, 0.717) is 5.56 Å². The molecule has 18 heavy (non-hydrogen) atoms. The second-order valence-electron chi connectivity index (χ2n) is 4.19. The molecule has 0 fully saturated rings. The first-order chi connectivity index (χ1) is 8.79. The van der Waals surface area contributed by atoms with E-state index in [1.165, 1.54) is 5.56 Å². The van der Waals surface area contributed by atoms with Gasteiger partial charge < -0.3 is 4.90 Å². The number of aromatic nitrogens is 1. The molecule has 1 aromatic carbocycles. The Bertz CT molecular complexity index is 543. The van der Waals surface area contributed by atoms with Crippen LogP contribution in [-0.2, 0) is 6.42 Å². The first-order valence-electron chi connectivity index (χ1n) is 5.90. The van der Waals surface area contributed by atoms with Gasteiger partial charge in [-0.25, -0.2) is 0 Å². The van der Waals surface area contributed by atoms with Crippen molar-refractivity contribution >= 4 is 5.69 Å². The van der Waals surface area contributed by atoms with Gasteiger partial charge in [-0.05, 0) is 36.2 Å². The van der Waals surface area contributed by atoms with E-state index in [-0.39, 0.29) is 0 Å². The molecular formula is C15H15N3. The number of likely N-dealkylation sites (N-methyl/N-ethyl adjacent to an activating group) is 1. The molecule has 0 saturated carbocycles. The van der Waals surface area contributed by atoms with Crippen molar-refractivity contribution in [3.8, 4) is 6.07 Å². The third kappa shape index (κ3) is 3.08. The normalized spacial score (nSPS) is 9.78. The van der Waals surface area contributed by atoms with Crippen molar-refractivity contribution in [2.75, 3.05) is 18.5 Å². The van der Waals surface area contributed by atoms with Crippen LogP contribution in [0.2, 0.25) is 0 Å². The average Bonchev–Trinajstić information content (AvgIpc) is 2.46. The lowest BCUT2D eigenvalue weighted by Crippen LogP contribution is -2.20. The number of nitrogens with zero attached hydrogens (tertiary/aromatic N) is 3. The average molecular weight is 237 g/mol. The maximum Gasteiger partial charge on any atom is 0.0992 e. The molecule has 1 heterocycles. The number of nitriles is 1. The van der Waals surface area contributed by atoms with Gasteiger partial charge in [0.25, 0.3) is 0 Å². The molecule has 1 aromatic heterocycles. The van der Waals surface area contributed by atoms with E-state index in [1.54, 1.807) is 6.20 Å². The van der Waals surface area contributed by atoms with Crippen LogP contribution in [0.3, 0.4) is 0 Å². The van der Waals surface area contributed by atoms with Crippen molar-refractivity contribution < 1.29 is 0 Å². The fourth-order valence-corrected chi connectivity index (χ4v) is 1.78. The first-order valence-corrected chi connectivity index (χ1v) is 5.90. The highest BCUT2D eigenvalue weighted by Gasteiger charge is 2.02. The predicted molar refractivity (Wildman–Crippen MR) is 72.4 cm³/mol. The molecule has 90 valence electrons. The Morgan fingerprint density at radius 2 is 2.17 bits per heavy atom. The van der Waals surface area contributed by atoms with Gasteiger partial charge in [-0.2, -0.15) is 5.26 Å². The molecule has 0 N–H and O–H groups in total. The lowest BCUT2D eigenvalue weighted by molar-refractivity contribution is 0.872. The summed E-state index contributed by atoms with van der Waals surface area (Å²) in [5.74, 6) is 0. The third-order valence-electron chi connectivity index (χ3n) is 2.87. The lowest BCUT2D eigenvalue weighted by Gasteiger charge is -2.19. The summed E-state index contributed by atoms with van der Waals surface area (Å²) in [4.78, 5) is 6.25. The first kappa shape index (κ1) is 12.1. The van der Waals surface area contributed by atoms with Crippen LogP contribution in [0.1, 0.15) is 11.1 Å². The monoisotopic (exact) mass is 237 g/mol. The lowest BCUT2D eigenvalue weighted by atomic mass is 10.2. The molecule has 0 aliphatic carbocycles. The number of rotatable bonds is 4. The fourth-order valence-electron chi connectivity index (χ4n) is 1.78. The largest absolute Gasteiger partial charge is 0.374 e. The smallest absolute Gasteiger partial charge is 0.0992 e. The molecule has 3 heteroatoms.